The van der Waals surface area contributed by atoms with Gasteiger partial charge in [0.2, 0.25) is 5.95 Å². The topological polar surface area (TPSA) is 116 Å². The third-order valence-electron chi connectivity index (χ3n) is 7.56. The molecule has 6 rings (SSSR count). The zero-order valence-corrected chi connectivity index (χ0v) is 21.2. The van der Waals surface area contributed by atoms with Crippen LogP contribution < -0.4 is 16.2 Å². The Hall–Kier alpha value is -3.63. The van der Waals surface area contributed by atoms with Gasteiger partial charge in [0.1, 0.15) is 11.5 Å². The van der Waals surface area contributed by atoms with Crippen molar-refractivity contribution in [3.63, 3.8) is 0 Å². The molecule has 37 heavy (non-hydrogen) atoms. The van der Waals surface area contributed by atoms with Crippen molar-refractivity contribution in [2.45, 2.75) is 58.2 Å². The molecule has 1 aliphatic carbocycles. The molecule has 192 valence electrons. The first kappa shape index (κ1) is 23.7. The minimum atomic E-state index is -0.257. The lowest BCUT2D eigenvalue weighted by molar-refractivity contribution is 0.0718. The van der Waals surface area contributed by atoms with Crippen LogP contribution in [0.25, 0.3) is 21.9 Å². The molecule has 10 heteroatoms. The zero-order chi connectivity index (χ0) is 25.5. The SMILES string of the molecule is CC(=O)c1c(C)c2cnc(Nc3cc4ccn(CC5COCCN5)c4cn3)nc2n(C2CCCC2)c1=O. The summed E-state index contributed by atoms with van der Waals surface area (Å²) in [6.45, 7) is 6.37. The molecular weight excluding hydrogens is 470 g/mol. The molecule has 0 bridgehead atoms. The van der Waals surface area contributed by atoms with Crippen molar-refractivity contribution < 1.29 is 9.53 Å². The molecule has 0 spiro atoms. The highest BCUT2D eigenvalue weighted by Crippen LogP contribution is 2.32. The third-order valence-corrected chi connectivity index (χ3v) is 7.56. The second kappa shape index (κ2) is 9.68. The number of aromatic nitrogens is 5. The summed E-state index contributed by atoms with van der Waals surface area (Å²) in [5.74, 6) is 0.758. The summed E-state index contributed by atoms with van der Waals surface area (Å²) >= 11 is 0. The van der Waals surface area contributed by atoms with Crippen LogP contribution in [-0.2, 0) is 11.3 Å². The highest BCUT2D eigenvalue weighted by molar-refractivity contribution is 5.99. The van der Waals surface area contributed by atoms with Gasteiger partial charge in [-0.05, 0) is 44.4 Å². The summed E-state index contributed by atoms with van der Waals surface area (Å²) in [7, 11) is 0. The average Bonchev–Trinajstić information content (AvgIpc) is 3.55. The van der Waals surface area contributed by atoms with Gasteiger partial charge in [-0.3, -0.25) is 14.2 Å². The molecular formula is C27H31N7O3. The molecule has 5 heterocycles. The Bertz CT molecular complexity index is 1550. The molecule has 1 saturated heterocycles. The van der Waals surface area contributed by atoms with E-state index in [1.54, 1.807) is 17.7 Å². The summed E-state index contributed by atoms with van der Waals surface area (Å²) in [5, 5.41) is 8.48. The molecule has 2 aliphatic rings. The number of Topliss-reactive ketones (excluding diaryl/α,β-unsaturated/α-hetero) is 1. The lowest BCUT2D eigenvalue weighted by Crippen LogP contribution is -2.43. The summed E-state index contributed by atoms with van der Waals surface area (Å²) in [6.07, 6.45) is 9.54. The number of rotatable bonds is 6. The van der Waals surface area contributed by atoms with Crippen molar-refractivity contribution in [1.82, 2.24) is 29.4 Å². The standard InChI is InChI=1S/C27H31N7O3/c1-16-21-12-30-27(32-25(21)34(20-5-3-4-6-20)26(36)24(16)17(2)35)31-23-11-18-7-9-33(22(18)13-29-23)14-19-15-37-10-8-28-19/h7,9,11-13,19-20,28H,3-6,8,10,14-15H2,1-2H3,(H,29,30,31,32). The Morgan fingerprint density at radius 3 is 2.84 bits per heavy atom. The van der Waals surface area contributed by atoms with Crippen molar-refractivity contribution in [2.24, 2.45) is 0 Å². The summed E-state index contributed by atoms with van der Waals surface area (Å²) in [6, 6.07) is 4.35. The number of carbonyl (C=O) groups excluding carboxylic acids is 1. The maximum absolute atomic E-state index is 13.4. The van der Waals surface area contributed by atoms with E-state index in [2.05, 4.69) is 37.4 Å². The number of pyridine rings is 2. The van der Waals surface area contributed by atoms with Crippen molar-refractivity contribution in [3.05, 3.63) is 52.2 Å². The molecule has 0 aromatic carbocycles. The number of hydrogen-bond acceptors (Lipinski definition) is 8. The van der Waals surface area contributed by atoms with E-state index in [1.807, 2.05) is 12.3 Å². The van der Waals surface area contributed by atoms with Gasteiger partial charge in [-0.1, -0.05) is 12.8 Å². The van der Waals surface area contributed by atoms with Gasteiger partial charge < -0.3 is 19.9 Å². The number of aryl methyl sites for hydroxylation is 1. The Balaban J connectivity index is 1.34. The van der Waals surface area contributed by atoms with Gasteiger partial charge in [-0.25, -0.2) is 9.97 Å². The van der Waals surface area contributed by atoms with Crippen LogP contribution in [0.2, 0.25) is 0 Å². The van der Waals surface area contributed by atoms with Gasteiger partial charge in [-0.2, -0.15) is 4.98 Å². The lowest BCUT2D eigenvalue weighted by Gasteiger charge is -2.24. The predicted octanol–water partition coefficient (Wildman–Crippen LogP) is 3.50. The van der Waals surface area contributed by atoms with Gasteiger partial charge in [0.05, 0.1) is 30.5 Å². The number of carbonyl (C=O) groups is 1. The Morgan fingerprint density at radius 2 is 2.08 bits per heavy atom. The fraction of sp³-hybridized carbons (Fsp3) is 0.444. The van der Waals surface area contributed by atoms with E-state index < -0.39 is 0 Å². The molecule has 0 amide bonds. The van der Waals surface area contributed by atoms with Gasteiger partial charge in [-0.15, -0.1) is 0 Å². The van der Waals surface area contributed by atoms with E-state index in [0.717, 1.165) is 61.7 Å². The van der Waals surface area contributed by atoms with Crippen LogP contribution in [0.15, 0.2) is 35.5 Å². The largest absolute Gasteiger partial charge is 0.378 e. The first-order valence-corrected chi connectivity index (χ1v) is 13.0. The third kappa shape index (κ3) is 4.40. The van der Waals surface area contributed by atoms with Crippen molar-refractivity contribution >= 4 is 39.5 Å². The molecule has 2 N–H and O–H groups in total. The zero-order valence-electron chi connectivity index (χ0n) is 21.2. The number of ketones is 1. The fourth-order valence-corrected chi connectivity index (χ4v) is 5.71. The number of morpholine rings is 1. The Kier molecular flexibility index (Phi) is 6.21. The van der Waals surface area contributed by atoms with Gasteiger partial charge in [0, 0.05) is 48.3 Å². The Labute approximate surface area is 214 Å². The van der Waals surface area contributed by atoms with Crippen LogP contribution in [0, 0.1) is 6.92 Å². The number of fused-ring (bicyclic) bond motifs is 2. The van der Waals surface area contributed by atoms with Crippen molar-refractivity contribution in [1.29, 1.82) is 0 Å². The smallest absolute Gasteiger partial charge is 0.263 e. The molecule has 1 saturated carbocycles. The monoisotopic (exact) mass is 501 g/mol. The predicted molar refractivity (Wildman–Crippen MR) is 142 cm³/mol. The lowest BCUT2D eigenvalue weighted by atomic mass is 10.0. The highest BCUT2D eigenvalue weighted by Gasteiger charge is 2.26. The number of anilines is 2. The maximum atomic E-state index is 13.4. The van der Waals surface area contributed by atoms with Crippen LogP contribution >= 0.6 is 0 Å². The van der Waals surface area contributed by atoms with E-state index in [4.69, 9.17) is 9.72 Å². The number of nitrogens with zero attached hydrogens (tertiary/aromatic N) is 5. The van der Waals surface area contributed by atoms with Crippen molar-refractivity contribution in [3.8, 4) is 0 Å². The first-order valence-electron chi connectivity index (χ1n) is 13.0. The first-order chi connectivity index (χ1) is 18.0. The molecule has 0 radical (unpaired) electrons. The van der Waals surface area contributed by atoms with E-state index in [1.165, 1.54) is 6.92 Å². The Morgan fingerprint density at radius 1 is 1.24 bits per heavy atom. The fourth-order valence-electron chi connectivity index (χ4n) is 5.71. The minimum Gasteiger partial charge on any atom is -0.378 e. The van der Waals surface area contributed by atoms with E-state index in [-0.39, 0.29) is 29.0 Å². The molecule has 2 fully saturated rings. The molecule has 4 aromatic heterocycles. The van der Waals surface area contributed by atoms with Gasteiger partial charge >= 0.3 is 0 Å². The van der Waals surface area contributed by atoms with Crippen LogP contribution in [0.4, 0.5) is 11.8 Å². The van der Waals surface area contributed by atoms with E-state index in [9.17, 15) is 9.59 Å². The minimum absolute atomic E-state index is 0.0368. The highest BCUT2D eigenvalue weighted by atomic mass is 16.5. The van der Waals surface area contributed by atoms with Crippen LogP contribution in [0.5, 0.6) is 0 Å². The van der Waals surface area contributed by atoms with Crippen LogP contribution in [0.3, 0.4) is 0 Å². The van der Waals surface area contributed by atoms with Crippen molar-refractivity contribution in [2.75, 3.05) is 25.1 Å². The molecule has 1 aliphatic heterocycles. The molecule has 4 aromatic rings. The maximum Gasteiger partial charge on any atom is 0.263 e. The summed E-state index contributed by atoms with van der Waals surface area (Å²) < 4.78 is 9.48. The number of hydrogen-bond donors (Lipinski definition) is 2. The van der Waals surface area contributed by atoms with E-state index in [0.29, 0.717) is 29.6 Å². The van der Waals surface area contributed by atoms with Gasteiger partial charge in [0.25, 0.3) is 5.56 Å². The summed E-state index contributed by atoms with van der Waals surface area (Å²) in [5.41, 5.74) is 2.21. The second-order valence-electron chi connectivity index (χ2n) is 10.0. The molecule has 1 atom stereocenters. The normalized spacial score (nSPS) is 18.6. The van der Waals surface area contributed by atoms with E-state index >= 15 is 0 Å². The summed E-state index contributed by atoms with van der Waals surface area (Å²) in [4.78, 5) is 39.6. The van der Waals surface area contributed by atoms with Gasteiger partial charge in [0.15, 0.2) is 5.78 Å². The molecule has 1 unspecified atom stereocenters. The van der Waals surface area contributed by atoms with Crippen LogP contribution in [-0.4, -0.2) is 55.7 Å². The number of nitrogens with one attached hydrogen (secondary N) is 2. The number of ether oxygens (including phenoxy) is 1. The average molecular weight is 502 g/mol. The van der Waals surface area contributed by atoms with Crippen LogP contribution in [0.1, 0.15) is 54.6 Å². The quantitative estimate of drug-likeness (QED) is 0.386. The second-order valence-corrected chi connectivity index (χ2v) is 10.0. The molecule has 10 nitrogen and oxygen atoms in total.